The van der Waals surface area contributed by atoms with Crippen LogP contribution in [0.15, 0.2) is 72.9 Å². The van der Waals surface area contributed by atoms with Crippen molar-refractivity contribution in [2.75, 3.05) is 26.4 Å². The Hall–Kier alpha value is -2.55. The molecule has 0 aromatic rings. The van der Waals surface area contributed by atoms with E-state index in [0.29, 0.717) is 6.42 Å². The SMILES string of the molecule is CC/C=C\C/C=C\C/C=C\C/C=C\C/C=C\C/C=C\CCCCCCCCCCCCCCCCCCCCCCC(=O)OC(COC(=O)CCCCCCCCCCCCCCC)COP(=O)(O)OCCN. The number of phosphoric acid groups is 1. The third-order valence-electron chi connectivity index (χ3n) is 13.1. The third kappa shape index (κ3) is 58.6. The largest absolute Gasteiger partial charge is 0.472 e. The van der Waals surface area contributed by atoms with Crippen molar-refractivity contribution >= 4 is 19.8 Å². The van der Waals surface area contributed by atoms with E-state index in [0.717, 1.165) is 70.6 Å². The highest BCUT2D eigenvalue weighted by Crippen LogP contribution is 2.43. The predicted octanol–water partition coefficient (Wildman–Crippen LogP) is 19.3. The Kier molecular flexibility index (Phi) is 56.7. The Bertz CT molecular complexity index is 1420. The first-order chi connectivity index (χ1) is 35.8. The van der Waals surface area contributed by atoms with Gasteiger partial charge in [0.1, 0.15) is 6.61 Å². The number of nitrogens with two attached hydrogens (primary N) is 1. The molecular weight excluding hydrogens is 930 g/mol. The summed E-state index contributed by atoms with van der Waals surface area (Å²) in [6.07, 6.45) is 75.6. The molecule has 0 aliphatic rings. The molecule has 424 valence electrons. The zero-order valence-electron chi connectivity index (χ0n) is 47.4. The van der Waals surface area contributed by atoms with Crippen molar-refractivity contribution in [1.82, 2.24) is 0 Å². The Morgan fingerprint density at radius 2 is 0.753 bits per heavy atom. The highest BCUT2D eigenvalue weighted by Gasteiger charge is 2.26. The molecular formula is C63H114NO8P. The first kappa shape index (κ1) is 70.5. The molecule has 0 aromatic heterocycles. The normalized spacial score (nSPS) is 13.5. The quantitative estimate of drug-likeness (QED) is 0.0264. The Morgan fingerprint density at radius 1 is 0.425 bits per heavy atom. The summed E-state index contributed by atoms with van der Waals surface area (Å²) in [4.78, 5) is 35.1. The van der Waals surface area contributed by atoms with Gasteiger partial charge in [-0.1, -0.05) is 279 Å². The second-order valence-corrected chi connectivity index (χ2v) is 21.7. The van der Waals surface area contributed by atoms with Gasteiger partial charge in [-0.15, -0.1) is 0 Å². The monoisotopic (exact) mass is 1040 g/mol. The molecule has 0 aliphatic heterocycles. The number of rotatable bonds is 57. The molecule has 0 bridgehead atoms. The van der Waals surface area contributed by atoms with Gasteiger partial charge in [0.05, 0.1) is 13.2 Å². The number of phosphoric ester groups is 1. The number of unbranched alkanes of at least 4 members (excludes halogenated alkanes) is 32. The molecule has 3 N–H and O–H groups in total. The van der Waals surface area contributed by atoms with E-state index in [-0.39, 0.29) is 38.6 Å². The summed E-state index contributed by atoms with van der Waals surface area (Å²) in [6, 6.07) is 0. The van der Waals surface area contributed by atoms with E-state index in [1.54, 1.807) is 0 Å². The molecule has 0 aromatic carbocycles. The smallest absolute Gasteiger partial charge is 0.462 e. The summed E-state index contributed by atoms with van der Waals surface area (Å²) in [6.45, 7) is 3.65. The highest BCUT2D eigenvalue weighted by molar-refractivity contribution is 7.47. The Morgan fingerprint density at radius 3 is 1.12 bits per heavy atom. The number of hydrogen-bond donors (Lipinski definition) is 2. The maximum absolute atomic E-state index is 12.7. The molecule has 0 saturated heterocycles. The first-order valence-corrected chi connectivity index (χ1v) is 31.9. The molecule has 10 heteroatoms. The molecule has 9 nitrogen and oxygen atoms in total. The average molecular weight is 1040 g/mol. The molecule has 0 spiro atoms. The fraction of sp³-hybridized carbons (Fsp3) is 0.778. The van der Waals surface area contributed by atoms with E-state index < -0.39 is 26.5 Å². The van der Waals surface area contributed by atoms with E-state index in [9.17, 15) is 19.0 Å². The van der Waals surface area contributed by atoms with Gasteiger partial charge in [0.15, 0.2) is 6.10 Å². The lowest BCUT2D eigenvalue weighted by molar-refractivity contribution is -0.161. The van der Waals surface area contributed by atoms with Crippen molar-refractivity contribution in [1.29, 1.82) is 0 Å². The summed E-state index contributed by atoms with van der Waals surface area (Å²) in [5, 5.41) is 0. The third-order valence-corrected chi connectivity index (χ3v) is 14.1. The predicted molar refractivity (Wildman–Crippen MR) is 312 cm³/mol. The van der Waals surface area contributed by atoms with Gasteiger partial charge in [-0.2, -0.15) is 0 Å². The van der Waals surface area contributed by atoms with Gasteiger partial charge in [0, 0.05) is 19.4 Å². The van der Waals surface area contributed by atoms with Crippen LogP contribution in [0.4, 0.5) is 0 Å². The van der Waals surface area contributed by atoms with Gasteiger partial charge >= 0.3 is 19.8 Å². The fourth-order valence-corrected chi connectivity index (χ4v) is 9.41. The van der Waals surface area contributed by atoms with Gasteiger partial charge < -0.3 is 20.1 Å². The summed E-state index contributed by atoms with van der Waals surface area (Å²) < 4.78 is 33.0. The average Bonchev–Trinajstić information content (AvgIpc) is 3.38. The van der Waals surface area contributed by atoms with Crippen LogP contribution >= 0.6 is 7.82 Å². The van der Waals surface area contributed by atoms with Crippen molar-refractivity contribution in [3.8, 4) is 0 Å². The maximum Gasteiger partial charge on any atom is 0.472 e. The molecule has 0 aliphatic carbocycles. The van der Waals surface area contributed by atoms with E-state index in [4.69, 9.17) is 24.3 Å². The van der Waals surface area contributed by atoms with Crippen molar-refractivity contribution in [2.45, 2.75) is 290 Å². The minimum Gasteiger partial charge on any atom is -0.462 e. The number of ether oxygens (including phenoxy) is 2. The van der Waals surface area contributed by atoms with Gasteiger partial charge in [-0.25, -0.2) is 4.57 Å². The Labute approximate surface area is 450 Å². The number of esters is 2. The van der Waals surface area contributed by atoms with Gasteiger partial charge in [-0.05, 0) is 64.2 Å². The molecule has 0 saturated carbocycles. The van der Waals surface area contributed by atoms with Crippen LogP contribution in [0, 0.1) is 0 Å². The topological polar surface area (TPSA) is 134 Å². The van der Waals surface area contributed by atoms with Crippen LogP contribution in [0.2, 0.25) is 0 Å². The molecule has 73 heavy (non-hydrogen) atoms. The standard InChI is InChI=1S/C63H114NO8P/c1-3-5-7-9-11-13-15-17-18-19-20-21-22-23-24-25-26-27-28-29-30-31-32-33-34-35-36-37-38-39-40-41-42-44-46-48-50-52-54-56-63(66)72-61(60-71-73(67,68)70-58-57-64)59-69-62(65)55-53-51-49-47-45-43-16-14-12-10-8-6-4-2/h5,7,11,13,17-18,20-21,23-24,26-27,61H,3-4,6,8-10,12,14-16,19,22,25,28-60,64H2,1-2H3,(H,67,68)/b7-5-,13-11-,18-17-,21-20-,24-23-,27-26-. The van der Waals surface area contributed by atoms with Gasteiger partial charge in [-0.3, -0.25) is 18.6 Å². The minimum absolute atomic E-state index is 0.0545. The summed E-state index contributed by atoms with van der Waals surface area (Å²) in [5.74, 6) is -0.816. The van der Waals surface area contributed by atoms with Crippen LogP contribution in [-0.2, 0) is 32.7 Å². The Balaban J connectivity index is 3.79. The summed E-state index contributed by atoms with van der Waals surface area (Å²) in [5.41, 5.74) is 5.38. The van der Waals surface area contributed by atoms with Crippen molar-refractivity contribution < 1.29 is 37.6 Å². The van der Waals surface area contributed by atoms with Crippen molar-refractivity contribution in [3.05, 3.63) is 72.9 Å². The zero-order chi connectivity index (χ0) is 53.1. The minimum atomic E-state index is -4.38. The number of allylic oxidation sites excluding steroid dienone is 12. The van der Waals surface area contributed by atoms with Crippen LogP contribution in [0.3, 0.4) is 0 Å². The molecule has 0 amide bonds. The summed E-state index contributed by atoms with van der Waals surface area (Å²) in [7, 11) is -4.38. The number of carbonyl (C=O) groups is 2. The zero-order valence-corrected chi connectivity index (χ0v) is 48.3. The first-order valence-electron chi connectivity index (χ1n) is 30.4. The second kappa shape index (κ2) is 58.7. The lowest BCUT2D eigenvalue weighted by Gasteiger charge is -2.19. The van der Waals surface area contributed by atoms with Crippen LogP contribution in [0.1, 0.15) is 284 Å². The van der Waals surface area contributed by atoms with E-state index in [2.05, 4.69) is 86.8 Å². The molecule has 0 radical (unpaired) electrons. The van der Waals surface area contributed by atoms with Crippen LogP contribution in [0.25, 0.3) is 0 Å². The summed E-state index contributed by atoms with van der Waals surface area (Å²) >= 11 is 0. The molecule has 0 fully saturated rings. The lowest BCUT2D eigenvalue weighted by atomic mass is 10.0. The van der Waals surface area contributed by atoms with Crippen LogP contribution < -0.4 is 5.73 Å². The van der Waals surface area contributed by atoms with E-state index in [1.165, 1.54) is 180 Å². The highest BCUT2D eigenvalue weighted by atomic mass is 31.2. The van der Waals surface area contributed by atoms with Crippen molar-refractivity contribution in [3.63, 3.8) is 0 Å². The fourth-order valence-electron chi connectivity index (χ4n) is 8.64. The number of carbonyl (C=O) groups excluding carboxylic acids is 2. The van der Waals surface area contributed by atoms with E-state index >= 15 is 0 Å². The number of hydrogen-bond acceptors (Lipinski definition) is 8. The second-order valence-electron chi connectivity index (χ2n) is 20.2. The molecule has 2 unspecified atom stereocenters. The maximum atomic E-state index is 12.7. The van der Waals surface area contributed by atoms with Gasteiger partial charge in [0.25, 0.3) is 0 Å². The molecule has 0 heterocycles. The van der Waals surface area contributed by atoms with E-state index in [1.807, 2.05) is 0 Å². The molecule has 0 rings (SSSR count). The lowest BCUT2D eigenvalue weighted by Crippen LogP contribution is -2.29. The van der Waals surface area contributed by atoms with Gasteiger partial charge in [0.2, 0.25) is 0 Å². The van der Waals surface area contributed by atoms with Crippen LogP contribution in [0.5, 0.6) is 0 Å². The molecule has 2 atom stereocenters. The van der Waals surface area contributed by atoms with Crippen LogP contribution in [-0.4, -0.2) is 49.3 Å². The van der Waals surface area contributed by atoms with Crippen molar-refractivity contribution in [2.24, 2.45) is 5.73 Å².